The van der Waals surface area contributed by atoms with E-state index in [-0.39, 0.29) is 28.6 Å². The van der Waals surface area contributed by atoms with Crippen molar-refractivity contribution in [2.75, 3.05) is 37.8 Å². The maximum Gasteiger partial charge on any atom is 0.301 e. The molecule has 0 atom stereocenters. The van der Waals surface area contributed by atoms with E-state index in [2.05, 4.69) is 9.88 Å². The van der Waals surface area contributed by atoms with Crippen LogP contribution >= 0.6 is 11.3 Å². The number of anilines is 1. The topological polar surface area (TPSA) is 86.0 Å². The maximum absolute atomic E-state index is 13.8. The Morgan fingerprint density at radius 3 is 2.68 bits per heavy atom. The van der Waals surface area contributed by atoms with Crippen LogP contribution in [0.25, 0.3) is 16.3 Å². The third kappa shape index (κ3) is 5.46. The molecule has 0 radical (unpaired) electrons. The average molecular weight is 537 g/mol. The normalized spacial score (nSPS) is 13.7. The zero-order valence-corrected chi connectivity index (χ0v) is 22.2. The number of aromatic nitrogens is 3. The molecule has 10 heteroatoms. The molecule has 1 aliphatic heterocycles. The molecule has 4 aromatic rings. The Morgan fingerprint density at radius 1 is 1.21 bits per heavy atom. The molecular formula is C28H29FN4O4S. The first-order valence-corrected chi connectivity index (χ1v) is 13.5. The van der Waals surface area contributed by atoms with Crippen LogP contribution < -0.4 is 15.2 Å². The van der Waals surface area contributed by atoms with Gasteiger partial charge in [-0.2, -0.15) is 0 Å². The molecule has 1 aliphatic rings. The largest absolute Gasteiger partial charge is 0.486 e. The summed E-state index contributed by atoms with van der Waals surface area (Å²) in [7, 11) is 0. The number of ether oxygens (including phenoxy) is 2. The lowest BCUT2D eigenvalue weighted by molar-refractivity contribution is 0.101. The highest BCUT2D eigenvalue weighted by Crippen LogP contribution is 2.32. The minimum Gasteiger partial charge on any atom is -0.486 e. The lowest BCUT2D eigenvalue weighted by Crippen LogP contribution is -2.36. The maximum atomic E-state index is 13.8. The van der Waals surface area contributed by atoms with Gasteiger partial charge >= 0.3 is 5.56 Å². The minimum atomic E-state index is -0.381. The molecule has 1 fully saturated rings. The Bertz CT molecular complexity index is 1510. The first kappa shape index (κ1) is 26.0. The fourth-order valence-corrected chi connectivity index (χ4v) is 5.29. The number of rotatable bonds is 9. The quantitative estimate of drug-likeness (QED) is 0.225. The number of pyridine rings is 1. The third-order valence-corrected chi connectivity index (χ3v) is 7.42. The van der Waals surface area contributed by atoms with Crippen molar-refractivity contribution in [2.24, 2.45) is 0 Å². The summed E-state index contributed by atoms with van der Waals surface area (Å²) in [5.74, 6) is -0.356. The summed E-state index contributed by atoms with van der Waals surface area (Å²) in [6.07, 6.45) is 5.71. The van der Waals surface area contributed by atoms with Gasteiger partial charge in [0, 0.05) is 36.8 Å². The molecule has 0 bridgehead atoms. The molecule has 4 heterocycles. The highest BCUT2D eigenvalue weighted by molar-refractivity contribution is 7.15. The summed E-state index contributed by atoms with van der Waals surface area (Å²) in [6.45, 7) is 6.37. The third-order valence-electron chi connectivity index (χ3n) is 6.42. The van der Waals surface area contributed by atoms with Crippen LogP contribution in [0.5, 0.6) is 5.75 Å². The number of morpholine rings is 1. The van der Waals surface area contributed by atoms with Gasteiger partial charge in [-0.3, -0.25) is 14.0 Å². The molecule has 1 aromatic carbocycles. The van der Waals surface area contributed by atoms with Crippen LogP contribution in [0.15, 0.2) is 47.5 Å². The van der Waals surface area contributed by atoms with Crippen molar-refractivity contribution in [1.29, 1.82) is 0 Å². The predicted molar refractivity (Wildman–Crippen MR) is 145 cm³/mol. The van der Waals surface area contributed by atoms with E-state index in [1.807, 2.05) is 6.92 Å². The van der Waals surface area contributed by atoms with Crippen molar-refractivity contribution in [3.05, 3.63) is 74.9 Å². The van der Waals surface area contributed by atoms with Crippen LogP contribution in [-0.2, 0) is 11.2 Å². The molecule has 1 saturated heterocycles. The number of carbonyl (C=O) groups is 1. The van der Waals surface area contributed by atoms with Gasteiger partial charge in [0.25, 0.3) is 0 Å². The van der Waals surface area contributed by atoms with Gasteiger partial charge in [0.15, 0.2) is 11.4 Å². The first-order valence-electron chi connectivity index (χ1n) is 12.7. The molecule has 198 valence electrons. The standard InChI is InChI=1S/C28H29FN4O4S/c1-3-4-11-37-25-24(27-30-16-22(38-27)14-19-5-7-20(29)8-6-19)31-26-23(18(2)34)15-21(17-33(26)28(25)35)32-9-12-36-13-10-32/h5-8,15-17H,3-4,9-14H2,1-2H3. The molecule has 5 rings (SSSR count). The number of hydrogen-bond donors (Lipinski definition) is 0. The number of unbranched alkanes of at least 4 members (excludes halogenated alkanes) is 1. The molecule has 3 aromatic heterocycles. The van der Waals surface area contributed by atoms with Crippen LogP contribution in [-0.4, -0.2) is 53.1 Å². The number of carbonyl (C=O) groups excluding carboxylic acids is 1. The predicted octanol–water partition coefficient (Wildman–Crippen LogP) is 4.77. The van der Waals surface area contributed by atoms with E-state index in [4.69, 9.17) is 14.5 Å². The molecule has 38 heavy (non-hydrogen) atoms. The fourth-order valence-electron chi connectivity index (χ4n) is 4.36. The Labute approximate surface area is 223 Å². The number of ketones is 1. The second-order valence-corrected chi connectivity index (χ2v) is 10.3. The SMILES string of the molecule is CCCCOc1c(-c2ncc(Cc3ccc(F)cc3)s2)nc2c(C(C)=O)cc(N3CCOCC3)cn2c1=O. The molecule has 0 unspecified atom stereocenters. The van der Waals surface area contributed by atoms with Gasteiger partial charge in [0.1, 0.15) is 16.5 Å². The van der Waals surface area contributed by atoms with Gasteiger partial charge in [-0.15, -0.1) is 11.3 Å². The number of nitrogens with zero attached hydrogens (tertiary/aromatic N) is 4. The van der Waals surface area contributed by atoms with Gasteiger partial charge in [-0.05, 0) is 37.1 Å². The van der Waals surface area contributed by atoms with Crippen molar-refractivity contribution in [1.82, 2.24) is 14.4 Å². The van der Waals surface area contributed by atoms with Gasteiger partial charge in [0.2, 0.25) is 5.75 Å². The van der Waals surface area contributed by atoms with Gasteiger partial charge in [-0.25, -0.2) is 14.4 Å². The average Bonchev–Trinajstić information content (AvgIpc) is 3.39. The van der Waals surface area contributed by atoms with E-state index < -0.39 is 0 Å². The second-order valence-electron chi connectivity index (χ2n) is 9.19. The van der Waals surface area contributed by atoms with Crippen molar-refractivity contribution >= 4 is 28.5 Å². The van der Waals surface area contributed by atoms with Crippen molar-refractivity contribution in [2.45, 2.75) is 33.1 Å². The van der Waals surface area contributed by atoms with E-state index in [1.54, 1.807) is 30.6 Å². The lowest BCUT2D eigenvalue weighted by atomic mass is 10.1. The first-order chi connectivity index (χ1) is 18.4. The number of benzene rings is 1. The number of hydrogen-bond acceptors (Lipinski definition) is 8. The highest BCUT2D eigenvalue weighted by Gasteiger charge is 2.23. The smallest absolute Gasteiger partial charge is 0.301 e. The molecule has 0 spiro atoms. The molecule has 8 nitrogen and oxygen atoms in total. The van der Waals surface area contributed by atoms with E-state index in [0.717, 1.165) is 29.0 Å². The Kier molecular flexibility index (Phi) is 7.80. The number of Topliss-reactive ketones (excluding diaryl/α,β-unsaturated/α-hetero) is 1. The van der Waals surface area contributed by atoms with Crippen molar-refractivity contribution < 1.29 is 18.7 Å². The van der Waals surface area contributed by atoms with Gasteiger partial charge < -0.3 is 14.4 Å². The number of halogens is 1. The summed E-state index contributed by atoms with van der Waals surface area (Å²) in [4.78, 5) is 38.9. The van der Waals surface area contributed by atoms with Crippen LogP contribution in [0.4, 0.5) is 10.1 Å². The van der Waals surface area contributed by atoms with Crippen LogP contribution in [0, 0.1) is 5.82 Å². The monoisotopic (exact) mass is 536 g/mol. The van der Waals surface area contributed by atoms with Crippen LogP contribution in [0.3, 0.4) is 0 Å². The summed E-state index contributed by atoms with van der Waals surface area (Å²) in [6, 6.07) is 8.12. The van der Waals surface area contributed by atoms with Crippen LogP contribution in [0.2, 0.25) is 0 Å². The molecule has 0 saturated carbocycles. The number of thiazole rings is 1. The summed E-state index contributed by atoms with van der Waals surface area (Å²) in [5, 5.41) is 0.528. The number of fused-ring (bicyclic) bond motifs is 1. The molecule has 0 N–H and O–H groups in total. The summed E-state index contributed by atoms with van der Waals surface area (Å²) in [5.41, 5.74) is 2.28. The van der Waals surface area contributed by atoms with Crippen molar-refractivity contribution in [3.63, 3.8) is 0 Å². The van der Waals surface area contributed by atoms with E-state index in [9.17, 15) is 14.0 Å². The Balaban J connectivity index is 1.62. The van der Waals surface area contributed by atoms with Gasteiger partial charge in [-0.1, -0.05) is 25.5 Å². The molecule has 0 amide bonds. The fraction of sp³-hybridized carbons (Fsp3) is 0.357. The van der Waals surface area contributed by atoms with Crippen molar-refractivity contribution in [3.8, 4) is 16.5 Å². The lowest BCUT2D eigenvalue weighted by Gasteiger charge is -2.29. The zero-order valence-electron chi connectivity index (χ0n) is 21.4. The molecule has 0 aliphatic carbocycles. The molecular weight excluding hydrogens is 507 g/mol. The Hall–Kier alpha value is -3.63. The van der Waals surface area contributed by atoms with Crippen LogP contribution in [0.1, 0.15) is 47.5 Å². The van der Waals surface area contributed by atoms with E-state index in [0.29, 0.717) is 55.6 Å². The Morgan fingerprint density at radius 2 is 1.97 bits per heavy atom. The second kappa shape index (κ2) is 11.4. The summed E-state index contributed by atoms with van der Waals surface area (Å²) < 4.78 is 26.2. The van der Waals surface area contributed by atoms with Gasteiger partial charge in [0.05, 0.1) is 31.1 Å². The zero-order chi connectivity index (χ0) is 26.6. The van der Waals surface area contributed by atoms with E-state index >= 15 is 0 Å². The van der Waals surface area contributed by atoms with E-state index in [1.165, 1.54) is 34.8 Å². The minimum absolute atomic E-state index is 0.118. The highest BCUT2D eigenvalue weighted by atomic mass is 32.1. The summed E-state index contributed by atoms with van der Waals surface area (Å²) >= 11 is 1.39.